The van der Waals surface area contributed by atoms with Gasteiger partial charge in [0, 0.05) is 24.4 Å². The van der Waals surface area contributed by atoms with E-state index in [2.05, 4.69) is 10.6 Å². The predicted octanol–water partition coefficient (Wildman–Crippen LogP) is 3.68. The fourth-order valence-corrected chi connectivity index (χ4v) is 2.34. The van der Waals surface area contributed by atoms with Gasteiger partial charge in [0.25, 0.3) is 11.8 Å². The fourth-order valence-electron chi connectivity index (χ4n) is 2.05. The Morgan fingerprint density at radius 2 is 1.88 bits per heavy atom. The third-order valence-corrected chi connectivity index (χ3v) is 4.08. The Kier molecular flexibility index (Phi) is 6.06. The summed E-state index contributed by atoms with van der Waals surface area (Å²) in [7, 11) is 1.55. The van der Waals surface area contributed by atoms with E-state index in [9.17, 15) is 9.59 Å². The normalized spacial score (nSPS) is 10.2. The summed E-state index contributed by atoms with van der Waals surface area (Å²) < 4.78 is 5.38. The van der Waals surface area contributed by atoms with Gasteiger partial charge in [-0.15, -0.1) is 0 Å². The molecule has 0 spiro atoms. The molecule has 0 heterocycles. The Morgan fingerprint density at radius 1 is 1.12 bits per heavy atom. The molecule has 0 radical (unpaired) electrons. The smallest absolute Gasteiger partial charge is 0.262 e. The number of amides is 2. The second-order valence-electron chi connectivity index (χ2n) is 4.97. The van der Waals surface area contributed by atoms with E-state index in [1.807, 2.05) is 0 Å². The predicted molar refractivity (Wildman–Crippen MR) is 95.2 cm³/mol. The number of carbonyl (C=O) groups is 2. The Labute approximate surface area is 149 Å². The average Bonchev–Trinajstić information content (AvgIpc) is 2.57. The van der Waals surface area contributed by atoms with E-state index < -0.39 is 0 Å². The van der Waals surface area contributed by atoms with Crippen LogP contribution in [0.2, 0.25) is 10.0 Å². The number of ether oxygens (including phenoxy) is 1. The van der Waals surface area contributed by atoms with Crippen molar-refractivity contribution in [1.29, 1.82) is 0 Å². The largest absolute Gasteiger partial charge is 0.484 e. The minimum Gasteiger partial charge on any atom is -0.484 e. The van der Waals surface area contributed by atoms with Gasteiger partial charge in [0.15, 0.2) is 6.61 Å². The van der Waals surface area contributed by atoms with Crippen LogP contribution in [0.1, 0.15) is 15.9 Å². The van der Waals surface area contributed by atoms with Crippen LogP contribution in [0.3, 0.4) is 0 Å². The molecule has 0 atom stereocenters. The zero-order valence-electron chi connectivity index (χ0n) is 13.2. The molecule has 0 aliphatic carbocycles. The van der Waals surface area contributed by atoms with Crippen LogP contribution in [0.5, 0.6) is 5.75 Å². The minimum absolute atomic E-state index is 0.193. The van der Waals surface area contributed by atoms with Crippen molar-refractivity contribution in [1.82, 2.24) is 5.32 Å². The lowest BCUT2D eigenvalue weighted by atomic mass is 10.1. The number of carbonyl (C=O) groups excluding carboxylic acids is 2. The molecule has 0 bridgehead atoms. The third-order valence-electron chi connectivity index (χ3n) is 3.34. The molecule has 0 saturated heterocycles. The summed E-state index contributed by atoms with van der Waals surface area (Å²) in [5.74, 6) is -0.121. The molecule has 0 aliphatic heterocycles. The lowest BCUT2D eigenvalue weighted by Crippen LogP contribution is -2.23. The van der Waals surface area contributed by atoms with Gasteiger partial charge in [-0.1, -0.05) is 29.3 Å². The minimum atomic E-state index is -0.349. The first kappa shape index (κ1) is 18.1. The summed E-state index contributed by atoms with van der Waals surface area (Å²) >= 11 is 11.7. The lowest BCUT2D eigenvalue weighted by molar-refractivity contribution is -0.118. The first-order valence-electron chi connectivity index (χ1n) is 7.11. The van der Waals surface area contributed by atoms with E-state index in [4.69, 9.17) is 27.9 Å². The van der Waals surface area contributed by atoms with E-state index in [0.29, 0.717) is 32.6 Å². The topological polar surface area (TPSA) is 67.4 Å². The molecular weight excluding hydrogens is 351 g/mol. The van der Waals surface area contributed by atoms with E-state index >= 15 is 0 Å². The van der Waals surface area contributed by atoms with Gasteiger partial charge in [-0.3, -0.25) is 9.59 Å². The highest BCUT2D eigenvalue weighted by molar-refractivity contribution is 6.42. The van der Waals surface area contributed by atoms with Gasteiger partial charge in [0.2, 0.25) is 0 Å². The molecule has 0 saturated carbocycles. The summed E-state index contributed by atoms with van der Waals surface area (Å²) in [6, 6.07) is 9.86. The molecule has 2 rings (SSSR count). The molecule has 0 aliphatic rings. The highest BCUT2D eigenvalue weighted by Gasteiger charge is 2.12. The van der Waals surface area contributed by atoms with Crippen molar-refractivity contribution < 1.29 is 14.3 Å². The lowest BCUT2D eigenvalue weighted by Gasteiger charge is -2.12. The molecule has 0 unspecified atom stereocenters. The first-order chi connectivity index (χ1) is 11.4. The highest BCUT2D eigenvalue weighted by Crippen LogP contribution is 2.26. The zero-order valence-corrected chi connectivity index (χ0v) is 14.7. The number of halogens is 2. The number of hydrogen-bond donors (Lipinski definition) is 2. The standard InChI is InChI=1S/C17H16Cl2N2O3/c1-10-12(17(23)20-2)4-3-5-15(10)21-16(22)9-24-11-6-7-13(18)14(19)8-11/h3-8H,9H2,1-2H3,(H,20,23)(H,21,22). The van der Waals surface area contributed by atoms with Crippen LogP contribution < -0.4 is 15.4 Å². The van der Waals surface area contributed by atoms with Gasteiger partial charge >= 0.3 is 0 Å². The van der Waals surface area contributed by atoms with Crippen molar-refractivity contribution in [2.75, 3.05) is 19.0 Å². The van der Waals surface area contributed by atoms with Crippen LogP contribution in [-0.4, -0.2) is 25.5 Å². The Bertz CT molecular complexity index is 778. The number of nitrogens with one attached hydrogen (secondary N) is 2. The molecule has 0 fully saturated rings. The molecule has 5 nitrogen and oxygen atoms in total. The Hall–Kier alpha value is -2.24. The number of rotatable bonds is 5. The number of anilines is 1. The van der Waals surface area contributed by atoms with Crippen LogP contribution in [0, 0.1) is 6.92 Å². The van der Waals surface area contributed by atoms with E-state index in [0.717, 1.165) is 0 Å². The van der Waals surface area contributed by atoms with Gasteiger partial charge in [-0.25, -0.2) is 0 Å². The molecule has 24 heavy (non-hydrogen) atoms. The Morgan fingerprint density at radius 3 is 2.54 bits per heavy atom. The van der Waals surface area contributed by atoms with Gasteiger partial charge in [-0.2, -0.15) is 0 Å². The quantitative estimate of drug-likeness (QED) is 0.847. The van der Waals surface area contributed by atoms with Gasteiger partial charge in [-0.05, 0) is 36.8 Å². The number of benzene rings is 2. The van der Waals surface area contributed by atoms with Gasteiger partial charge < -0.3 is 15.4 Å². The molecule has 2 amide bonds. The van der Waals surface area contributed by atoms with Gasteiger partial charge in [0.1, 0.15) is 5.75 Å². The summed E-state index contributed by atoms with van der Waals surface area (Å²) in [6.45, 7) is 1.57. The van der Waals surface area contributed by atoms with E-state index in [1.165, 1.54) is 6.07 Å². The van der Waals surface area contributed by atoms with Crippen LogP contribution in [0.25, 0.3) is 0 Å². The maximum atomic E-state index is 12.0. The Balaban J connectivity index is 2.02. The zero-order chi connectivity index (χ0) is 17.7. The third kappa shape index (κ3) is 4.40. The molecular formula is C17H16Cl2N2O3. The highest BCUT2D eigenvalue weighted by atomic mass is 35.5. The van der Waals surface area contributed by atoms with Crippen molar-refractivity contribution in [3.05, 3.63) is 57.6 Å². The molecule has 7 heteroatoms. The van der Waals surface area contributed by atoms with E-state index in [-0.39, 0.29) is 18.4 Å². The van der Waals surface area contributed by atoms with Crippen LogP contribution in [0.15, 0.2) is 36.4 Å². The number of hydrogen-bond acceptors (Lipinski definition) is 3. The second-order valence-corrected chi connectivity index (χ2v) is 5.78. The van der Waals surface area contributed by atoms with Crippen LogP contribution in [-0.2, 0) is 4.79 Å². The van der Waals surface area contributed by atoms with E-state index in [1.54, 1.807) is 44.3 Å². The molecule has 0 aromatic heterocycles. The summed E-state index contributed by atoms with van der Waals surface area (Å²) in [4.78, 5) is 23.8. The van der Waals surface area contributed by atoms with Crippen molar-refractivity contribution >= 4 is 40.7 Å². The first-order valence-corrected chi connectivity index (χ1v) is 7.87. The van der Waals surface area contributed by atoms with Crippen LogP contribution >= 0.6 is 23.2 Å². The van der Waals surface area contributed by atoms with Crippen molar-refractivity contribution in [3.8, 4) is 5.75 Å². The SMILES string of the molecule is CNC(=O)c1cccc(NC(=O)COc2ccc(Cl)c(Cl)c2)c1C. The molecule has 2 aromatic carbocycles. The monoisotopic (exact) mass is 366 g/mol. The summed E-state index contributed by atoms with van der Waals surface area (Å²) in [6.07, 6.45) is 0. The van der Waals surface area contributed by atoms with Gasteiger partial charge in [0.05, 0.1) is 10.0 Å². The van der Waals surface area contributed by atoms with Crippen molar-refractivity contribution in [3.63, 3.8) is 0 Å². The summed E-state index contributed by atoms with van der Waals surface area (Å²) in [5.41, 5.74) is 1.74. The maximum Gasteiger partial charge on any atom is 0.262 e. The van der Waals surface area contributed by atoms with Crippen molar-refractivity contribution in [2.24, 2.45) is 0 Å². The fraction of sp³-hybridized carbons (Fsp3) is 0.176. The maximum absolute atomic E-state index is 12.0. The summed E-state index contributed by atoms with van der Waals surface area (Å²) in [5, 5.41) is 6.05. The average molecular weight is 367 g/mol. The molecule has 2 aromatic rings. The molecule has 2 N–H and O–H groups in total. The van der Waals surface area contributed by atoms with Crippen molar-refractivity contribution in [2.45, 2.75) is 6.92 Å². The molecule has 126 valence electrons. The second kappa shape index (κ2) is 8.04. The van der Waals surface area contributed by atoms with Crippen LogP contribution in [0.4, 0.5) is 5.69 Å².